The highest BCUT2D eigenvalue weighted by Crippen LogP contribution is 2.09. The van der Waals surface area contributed by atoms with E-state index in [1.165, 1.54) is 5.56 Å². The third-order valence-electron chi connectivity index (χ3n) is 3.58. The summed E-state index contributed by atoms with van der Waals surface area (Å²) in [4.78, 5) is 30.9. The summed E-state index contributed by atoms with van der Waals surface area (Å²) in [5.74, 6) is -0.746. The lowest BCUT2D eigenvalue weighted by molar-refractivity contribution is -0.136. The molecular formula is C14H21N5O2. The third-order valence-corrected chi connectivity index (χ3v) is 3.58. The van der Waals surface area contributed by atoms with E-state index in [1.807, 2.05) is 12.1 Å². The molecule has 7 heteroatoms. The first-order valence-corrected chi connectivity index (χ1v) is 7.00. The maximum atomic E-state index is 12.1. The molecule has 4 N–H and O–H groups in total. The predicted molar refractivity (Wildman–Crippen MR) is 77.9 cm³/mol. The molecular weight excluding hydrogens is 270 g/mol. The fraction of sp³-hybridized carbons (Fsp3) is 0.500. The molecule has 0 radical (unpaired) electrons. The van der Waals surface area contributed by atoms with E-state index in [2.05, 4.69) is 9.88 Å². The van der Waals surface area contributed by atoms with E-state index < -0.39 is 11.9 Å². The summed E-state index contributed by atoms with van der Waals surface area (Å²) in [7, 11) is 0. The van der Waals surface area contributed by atoms with Crippen molar-refractivity contribution in [2.75, 3.05) is 26.2 Å². The van der Waals surface area contributed by atoms with E-state index >= 15 is 0 Å². The van der Waals surface area contributed by atoms with Crippen LogP contribution in [0.25, 0.3) is 0 Å². The number of piperazine rings is 1. The van der Waals surface area contributed by atoms with Gasteiger partial charge in [-0.3, -0.25) is 19.5 Å². The van der Waals surface area contributed by atoms with Crippen molar-refractivity contribution >= 4 is 11.8 Å². The molecule has 1 atom stereocenters. The van der Waals surface area contributed by atoms with Gasteiger partial charge in [-0.15, -0.1) is 0 Å². The molecule has 7 nitrogen and oxygen atoms in total. The highest BCUT2D eigenvalue weighted by molar-refractivity contribution is 5.87. The van der Waals surface area contributed by atoms with Crippen LogP contribution >= 0.6 is 0 Å². The van der Waals surface area contributed by atoms with Crippen LogP contribution in [0.5, 0.6) is 0 Å². The second-order valence-electron chi connectivity index (χ2n) is 5.23. The molecule has 1 unspecified atom stereocenters. The number of primary amides is 1. The quantitative estimate of drug-likeness (QED) is 0.718. The zero-order valence-electron chi connectivity index (χ0n) is 11.9. The molecule has 1 aromatic heterocycles. The molecule has 1 aliphatic heterocycles. The van der Waals surface area contributed by atoms with Crippen LogP contribution in [0.1, 0.15) is 12.0 Å². The van der Waals surface area contributed by atoms with Crippen LogP contribution < -0.4 is 11.5 Å². The van der Waals surface area contributed by atoms with E-state index in [-0.39, 0.29) is 12.3 Å². The normalized spacial score (nSPS) is 17.5. The highest BCUT2D eigenvalue weighted by Gasteiger charge is 2.26. The van der Waals surface area contributed by atoms with E-state index in [1.54, 1.807) is 17.3 Å². The standard InChI is InChI=1S/C14H21N5O2/c15-12(9-13(16)20)14(21)19-7-5-18(6-8-19)10-11-1-3-17-4-2-11/h1-4,12H,5-10,15H2,(H2,16,20). The molecule has 0 saturated carbocycles. The molecule has 2 rings (SSSR count). The Balaban J connectivity index is 1.80. The van der Waals surface area contributed by atoms with Gasteiger partial charge in [0.05, 0.1) is 12.5 Å². The summed E-state index contributed by atoms with van der Waals surface area (Å²) in [6.07, 6.45) is 3.45. The fourth-order valence-electron chi connectivity index (χ4n) is 2.41. The van der Waals surface area contributed by atoms with E-state index in [9.17, 15) is 9.59 Å². The summed E-state index contributed by atoms with van der Waals surface area (Å²) >= 11 is 0. The van der Waals surface area contributed by atoms with Crippen LogP contribution in [-0.2, 0) is 16.1 Å². The van der Waals surface area contributed by atoms with Gasteiger partial charge in [0.25, 0.3) is 0 Å². The van der Waals surface area contributed by atoms with Gasteiger partial charge in [-0.2, -0.15) is 0 Å². The van der Waals surface area contributed by atoms with E-state index in [4.69, 9.17) is 11.5 Å². The number of hydrogen-bond acceptors (Lipinski definition) is 5. The molecule has 0 aliphatic carbocycles. The predicted octanol–water partition coefficient (Wildman–Crippen LogP) is -1.07. The number of pyridine rings is 1. The second-order valence-corrected chi connectivity index (χ2v) is 5.23. The number of amides is 2. The molecule has 1 fully saturated rings. The average molecular weight is 291 g/mol. The van der Waals surface area contributed by atoms with Crippen molar-refractivity contribution in [3.05, 3.63) is 30.1 Å². The first-order valence-electron chi connectivity index (χ1n) is 7.00. The Labute approximate surface area is 123 Å². The molecule has 1 aromatic rings. The zero-order valence-corrected chi connectivity index (χ0v) is 11.9. The fourth-order valence-corrected chi connectivity index (χ4v) is 2.41. The van der Waals surface area contributed by atoms with Crippen LogP contribution in [0.3, 0.4) is 0 Å². The number of hydrogen-bond donors (Lipinski definition) is 2. The Morgan fingerprint density at radius 2 is 1.81 bits per heavy atom. The Morgan fingerprint density at radius 1 is 1.19 bits per heavy atom. The number of carbonyl (C=O) groups is 2. The minimum absolute atomic E-state index is 0.101. The third kappa shape index (κ3) is 4.51. The first kappa shape index (κ1) is 15.4. The lowest BCUT2D eigenvalue weighted by Gasteiger charge is -2.35. The topological polar surface area (TPSA) is 106 Å². The van der Waals surface area contributed by atoms with Crippen molar-refractivity contribution in [2.24, 2.45) is 11.5 Å². The van der Waals surface area contributed by atoms with Gasteiger partial charge in [0, 0.05) is 45.1 Å². The molecule has 2 amide bonds. The summed E-state index contributed by atoms with van der Waals surface area (Å²) in [6, 6.07) is 3.15. The largest absolute Gasteiger partial charge is 0.370 e. The highest BCUT2D eigenvalue weighted by atomic mass is 16.2. The molecule has 0 bridgehead atoms. The van der Waals surface area contributed by atoms with Gasteiger partial charge < -0.3 is 16.4 Å². The monoisotopic (exact) mass is 291 g/mol. The van der Waals surface area contributed by atoms with E-state index in [0.29, 0.717) is 13.1 Å². The van der Waals surface area contributed by atoms with Crippen molar-refractivity contribution in [3.8, 4) is 0 Å². The van der Waals surface area contributed by atoms with Crippen molar-refractivity contribution in [1.82, 2.24) is 14.8 Å². The molecule has 21 heavy (non-hydrogen) atoms. The lowest BCUT2D eigenvalue weighted by Crippen LogP contribution is -2.53. The Hall–Kier alpha value is -1.99. The zero-order chi connectivity index (χ0) is 15.2. The minimum atomic E-state index is -0.825. The Bertz CT molecular complexity index is 485. The second kappa shape index (κ2) is 7.14. The Kier molecular flexibility index (Phi) is 5.24. The van der Waals surface area contributed by atoms with E-state index in [0.717, 1.165) is 19.6 Å². The smallest absolute Gasteiger partial charge is 0.240 e. The van der Waals surface area contributed by atoms with Gasteiger partial charge in [0.15, 0.2) is 0 Å². The van der Waals surface area contributed by atoms with Crippen molar-refractivity contribution in [2.45, 2.75) is 19.0 Å². The molecule has 114 valence electrons. The van der Waals surface area contributed by atoms with Crippen molar-refractivity contribution in [1.29, 1.82) is 0 Å². The number of rotatable bonds is 5. The molecule has 1 aliphatic rings. The first-order chi connectivity index (χ1) is 10.1. The van der Waals surface area contributed by atoms with Gasteiger partial charge in [-0.05, 0) is 17.7 Å². The molecule has 2 heterocycles. The maximum absolute atomic E-state index is 12.1. The molecule has 0 spiro atoms. The number of aromatic nitrogens is 1. The number of nitrogens with two attached hydrogens (primary N) is 2. The van der Waals surface area contributed by atoms with Crippen LogP contribution in [0.4, 0.5) is 0 Å². The summed E-state index contributed by atoms with van der Waals surface area (Å²) < 4.78 is 0. The van der Waals surface area contributed by atoms with Crippen LogP contribution in [0, 0.1) is 0 Å². The van der Waals surface area contributed by atoms with Gasteiger partial charge in [0.1, 0.15) is 0 Å². The lowest BCUT2D eigenvalue weighted by atomic mass is 10.1. The summed E-state index contributed by atoms with van der Waals surface area (Å²) in [6.45, 7) is 3.67. The van der Waals surface area contributed by atoms with Gasteiger partial charge >= 0.3 is 0 Å². The number of carbonyl (C=O) groups excluding carboxylic acids is 2. The molecule has 1 saturated heterocycles. The van der Waals surface area contributed by atoms with Crippen LogP contribution in [0.2, 0.25) is 0 Å². The SMILES string of the molecule is NC(=O)CC(N)C(=O)N1CCN(Cc2ccncc2)CC1. The molecule has 0 aromatic carbocycles. The average Bonchev–Trinajstić information content (AvgIpc) is 2.47. The summed E-state index contributed by atoms with van der Waals surface area (Å²) in [5, 5.41) is 0. The Morgan fingerprint density at radius 3 is 2.38 bits per heavy atom. The van der Waals surface area contributed by atoms with Crippen LogP contribution in [0.15, 0.2) is 24.5 Å². The number of nitrogens with zero attached hydrogens (tertiary/aromatic N) is 3. The van der Waals surface area contributed by atoms with Gasteiger partial charge in [-0.1, -0.05) is 0 Å². The van der Waals surface area contributed by atoms with Gasteiger partial charge in [-0.25, -0.2) is 0 Å². The van der Waals surface area contributed by atoms with Crippen LogP contribution in [-0.4, -0.2) is 58.8 Å². The minimum Gasteiger partial charge on any atom is -0.370 e. The van der Waals surface area contributed by atoms with Crippen molar-refractivity contribution < 1.29 is 9.59 Å². The maximum Gasteiger partial charge on any atom is 0.240 e. The van der Waals surface area contributed by atoms with Crippen molar-refractivity contribution in [3.63, 3.8) is 0 Å². The summed E-state index contributed by atoms with van der Waals surface area (Å²) in [5.41, 5.74) is 12.0. The van der Waals surface area contributed by atoms with Gasteiger partial charge in [0.2, 0.25) is 11.8 Å².